The number of aryl methyl sites for hydroxylation is 1. The highest BCUT2D eigenvalue weighted by Crippen LogP contribution is 2.39. The van der Waals surface area contributed by atoms with E-state index in [0.717, 1.165) is 22.3 Å². The number of benzene rings is 1. The maximum atomic E-state index is 11.2. The molecule has 0 radical (unpaired) electrons. The van der Waals surface area contributed by atoms with Crippen LogP contribution in [0.3, 0.4) is 0 Å². The number of hydrogen-bond donors (Lipinski definition) is 0. The lowest BCUT2D eigenvalue weighted by atomic mass is 9.76. The second-order valence-electron chi connectivity index (χ2n) is 8.12. The molecule has 0 aliphatic heterocycles. The highest BCUT2D eigenvalue weighted by Gasteiger charge is 2.31. The molecule has 8 heteroatoms. The molecular weight excluding hydrogens is 444 g/mol. The van der Waals surface area contributed by atoms with Crippen LogP contribution in [-0.4, -0.2) is 32.0 Å². The standard InChI is InChI=1S/C18H23O4.C7H8O3S/c1-12(9-17(20)21-6)7-8-16-13(2)10-15(22-14(3)19)11-18(16,4)5;1-6-2-4-7(5-3-6)11(8,9)10/h7-11H,1-6H3;2-5H,1H3,(H,8,9,10)/q+1;/p-1/b12-9-,16-8+;. The molecule has 0 saturated heterocycles. The van der Waals surface area contributed by atoms with Gasteiger partial charge in [-0.2, -0.15) is 0 Å². The van der Waals surface area contributed by atoms with Gasteiger partial charge >= 0.3 is 11.9 Å². The lowest BCUT2D eigenvalue weighted by molar-refractivity contribution is -0.136. The molecule has 33 heavy (non-hydrogen) atoms. The number of esters is 2. The van der Waals surface area contributed by atoms with Crippen molar-refractivity contribution in [2.24, 2.45) is 5.41 Å². The third-order valence-corrected chi connectivity index (χ3v) is 5.46. The van der Waals surface area contributed by atoms with Crippen molar-refractivity contribution < 1.29 is 32.0 Å². The first-order valence-corrected chi connectivity index (χ1v) is 11.5. The number of methoxy groups -OCH3 is 1. The van der Waals surface area contributed by atoms with Gasteiger partial charge in [-0.3, -0.25) is 4.79 Å². The number of ether oxygens (including phenoxy) is 2. The first-order chi connectivity index (χ1) is 15.2. The molecule has 0 fully saturated rings. The van der Waals surface area contributed by atoms with Gasteiger partial charge in [-0.25, -0.2) is 13.2 Å². The molecule has 0 heterocycles. The maximum Gasteiger partial charge on any atom is 0.387 e. The fraction of sp³-hybridized carbons (Fsp3) is 0.320. The summed E-state index contributed by atoms with van der Waals surface area (Å²) in [7, 11) is -2.92. The average Bonchev–Trinajstić information content (AvgIpc) is 2.66. The van der Waals surface area contributed by atoms with Crippen LogP contribution in [0.2, 0.25) is 0 Å². The zero-order valence-corrected chi connectivity index (χ0v) is 20.8. The maximum absolute atomic E-state index is 11.2. The van der Waals surface area contributed by atoms with E-state index >= 15 is 0 Å². The summed E-state index contributed by atoms with van der Waals surface area (Å²) in [4.78, 5) is 22.1. The van der Waals surface area contributed by atoms with Crippen molar-refractivity contribution in [3.05, 3.63) is 83.0 Å². The fourth-order valence-corrected chi connectivity index (χ4v) is 3.53. The highest BCUT2D eigenvalue weighted by molar-refractivity contribution is 7.85. The number of hydrogen-bond acceptors (Lipinski definition) is 7. The smallest absolute Gasteiger partial charge is 0.387 e. The molecule has 7 nitrogen and oxygen atoms in total. The number of rotatable bonds is 5. The molecule has 2 rings (SSSR count). The van der Waals surface area contributed by atoms with E-state index in [2.05, 4.69) is 4.74 Å². The van der Waals surface area contributed by atoms with Crippen LogP contribution in [0.1, 0.15) is 40.2 Å². The molecule has 0 amide bonds. The minimum Gasteiger partial charge on any atom is -0.744 e. The summed E-state index contributed by atoms with van der Waals surface area (Å²) in [5.41, 5.74) is 3.58. The van der Waals surface area contributed by atoms with Crippen LogP contribution in [-0.2, 0) is 29.2 Å². The number of allylic oxidation sites excluding steroid dienone is 6. The summed E-state index contributed by atoms with van der Waals surface area (Å²) in [6.07, 6.45) is 9.04. The van der Waals surface area contributed by atoms with E-state index in [9.17, 15) is 22.6 Å². The Morgan fingerprint density at radius 2 is 1.67 bits per heavy atom. The van der Waals surface area contributed by atoms with Gasteiger partial charge in [0.05, 0.1) is 34.6 Å². The van der Waals surface area contributed by atoms with E-state index in [4.69, 9.17) is 4.74 Å². The Bertz CT molecular complexity index is 1100. The SMILES string of the molecule is COC(=O)/C=C(/C)[CH+]/C=C1\C(C)=CC(OC(C)=O)=CC1(C)C.Cc1ccc(S(=O)(=O)[O-])cc1. The summed E-state index contributed by atoms with van der Waals surface area (Å²) < 4.78 is 40.9. The highest BCUT2D eigenvalue weighted by atomic mass is 32.2. The van der Waals surface area contributed by atoms with E-state index < -0.39 is 10.1 Å². The summed E-state index contributed by atoms with van der Waals surface area (Å²) in [6.45, 7) is 11.1. The van der Waals surface area contributed by atoms with Crippen LogP contribution in [0.5, 0.6) is 0 Å². The molecule has 0 spiro atoms. The molecule has 0 unspecified atom stereocenters. The lowest BCUT2D eigenvalue weighted by Crippen LogP contribution is -2.18. The summed E-state index contributed by atoms with van der Waals surface area (Å²) in [5.74, 6) is -0.143. The monoisotopic (exact) mass is 474 g/mol. The van der Waals surface area contributed by atoms with Crippen LogP contribution in [0, 0.1) is 18.8 Å². The van der Waals surface area contributed by atoms with Crippen LogP contribution >= 0.6 is 0 Å². The third-order valence-electron chi connectivity index (χ3n) is 4.61. The Morgan fingerprint density at radius 3 is 2.12 bits per heavy atom. The van der Waals surface area contributed by atoms with Crippen LogP contribution < -0.4 is 0 Å². The van der Waals surface area contributed by atoms with E-state index in [1.807, 2.05) is 59.3 Å². The molecule has 0 bridgehead atoms. The van der Waals surface area contributed by atoms with Crippen molar-refractivity contribution >= 4 is 22.1 Å². The van der Waals surface area contributed by atoms with Gasteiger partial charge in [-0.05, 0) is 58.9 Å². The molecule has 0 N–H and O–H groups in total. The molecule has 0 saturated carbocycles. The van der Waals surface area contributed by atoms with Crippen LogP contribution in [0.15, 0.2) is 75.9 Å². The molecule has 0 atom stereocenters. The van der Waals surface area contributed by atoms with Crippen molar-refractivity contribution in [3.63, 3.8) is 0 Å². The number of carbonyl (C=O) groups excluding carboxylic acids is 2. The van der Waals surface area contributed by atoms with E-state index in [1.54, 1.807) is 12.1 Å². The topological polar surface area (TPSA) is 110 Å². The van der Waals surface area contributed by atoms with Crippen LogP contribution in [0.25, 0.3) is 0 Å². The third kappa shape index (κ3) is 9.51. The lowest BCUT2D eigenvalue weighted by Gasteiger charge is -2.25. The zero-order chi connectivity index (χ0) is 25.4. The van der Waals surface area contributed by atoms with Crippen molar-refractivity contribution in [1.29, 1.82) is 0 Å². The predicted molar refractivity (Wildman–Crippen MR) is 125 cm³/mol. The molecule has 1 aliphatic rings. The summed E-state index contributed by atoms with van der Waals surface area (Å²) in [5, 5.41) is 0. The van der Waals surface area contributed by atoms with Gasteiger partial charge in [0, 0.05) is 18.9 Å². The van der Waals surface area contributed by atoms with E-state index in [0.29, 0.717) is 5.76 Å². The average molecular weight is 475 g/mol. The summed E-state index contributed by atoms with van der Waals surface area (Å²) in [6, 6.07) is 5.78. The van der Waals surface area contributed by atoms with E-state index in [-0.39, 0.29) is 22.2 Å². The van der Waals surface area contributed by atoms with Gasteiger partial charge in [-0.1, -0.05) is 17.7 Å². The first-order valence-electron chi connectivity index (χ1n) is 10.1. The van der Waals surface area contributed by atoms with Crippen LogP contribution in [0.4, 0.5) is 0 Å². The Labute approximate surface area is 196 Å². The quantitative estimate of drug-likeness (QED) is 0.266. The fourth-order valence-electron chi connectivity index (χ4n) is 3.06. The second-order valence-corrected chi connectivity index (χ2v) is 9.49. The predicted octanol–water partition coefficient (Wildman–Crippen LogP) is 4.57. The number of carbonyl (C=O) groups is 2. The van der Waals surface area contributed by atoms with Gasteiger partial charge in [0.15, 0.2) is 0 Å². The zero-order valence-electron chi connectivity index (χ0n) is 20.0. The first kappa shape index (κ1) is 27.9. The Kier molecular flexibility index (Phi) is 9.88. The molecule has 1 aromatic carbocycles. The Balaban J connectivity index is 0.000000412. The largest absolute Gasteiger partial charge is 0.744 e. The van der Waals surface area contributed by atoms with Crippen molar-refractivity contribution in [2.75, 3.05) is 7.11 Å². The van der Waals surface area contributed by atoms with Gasteiger partial charge in [0.25, 0.3) is 0 Å². The molecule has 1 aliphatic carbocycles. The van der Waals surface area contributed by atoms with Gasteiger partial charge in [-0.15, -0.1) is 0 Å². The molecule has 178 valence electrons. The van der Waals surface area contributed by atoms with E-state index in [1.165, 1.54) is 32.2 Å². The van der Waals surface area contributed by atoms with Crippen molar-refractivity contribution in [2.45, 2.75) is 46.4 Å². The Hall–Kier alpha value is -3.10. The minimum absolute atomic E-state index is 0.178. The van der Waals surface area contributed by atoms with Gasteiger partial charge in [0.2, 0.25) is 0 Å². The van der Waals surface area contributed by atoms with Crippen molar-refractivity contribution in [3.8, 4) is 0 Å². The molecule has 0 aromatic heterocycles. The molecule has 1 aromatic rings. The van der Waals surface area contributed by atoms with Gasteiger partial charge in [0.1, 0.15) is 22.0 Å². The Morgan fingerprint density at radius 1 is 1.09 bits per heavy atom. The normalized spacial score (nSPS) is 16.6. The van der Waals surface area contributed by atoms with Crippen molar-refractivity contribution in [1.82, 2.24) is 0 Å². The molecular formula is C25H30O7S. The van der Waals surface area contributed by atoms with Gasteiger partial charge < -0.3 is 14.0 Å². The minimum atomic E-state index is -4.27. The summed E-state index contributed by atoms with van der Waals surface area (Å²) >= 11 is 0. The second kappa shape index (κ2) is 11.7.